The third-order valence-electron chi connectivity index (χ3n) is 12.3. The van der Waals surface area contributed by atoms with Gasteiger partial charge in [-0.2, -0.15) is 18.6 Å². The highest BCUT2D eigenvalue weighted by molar-refractivity contribution is 14.1. The van der Waals surface area contributed by atoms with Gasteiger partial charge in [-0.1, -0.05) is 72.7 Å². The van der Waals surface area contributed by atoms with Crippen molar-refractivity contribution in [1.29, 1.82) is 0 Å². The molecule has 3 fully saturated rings. The Morgan fingerprint density at radius 1 is 0.704 bits per heavy atom. The van der Waals surface area contributed by atoms with E-state index in [1.165, 1.54) is 66.1 Å². The van der Waals surface area contributed by atoms with Gasteiger partial charge in [-0.3, -0.25) is 4.18 Å². The molecule has 9 rings (SSSR count). The number of piperazine rings is 1. The first-order valence-corrected chi connectivity index (χ1v) is 27.0. The highest BCUT2D eigenvalue weighted by atomic mass is 127. The summed E-state index contributed by atoms with van der Waals surface area (Å²) in [6, 6.07) is 19.6. The van der Waals surface area contributed by atoms with E-state index in [0.717, 1.165) is 61.3 Å². The van der Waals surface area contributed by atoms with E-state index in [4.69, 9.17) is 18.4 Å². The van der Waals surface area contributed by atoms with Crippen molar-refractivity contribution in [3.63, 3.8) is 0 Å². The summed E-state index contributed by atoms with van der Waals surface area (Å²) in [7, 11) is -1.79. The molecule has 0 radical (unpaired) electrons. The molecule has 3 saturated heterocycles. The van der Waals surface area contributed by atoms with E-state index in [-0.39, 0.29) is 55.0 Å². The molecule has 0 unspecified atom stereocenters. The lowest BCUT2D eigenvalue weighted by Crippen LogP contribution is -2.44. The average Bonchev–Trinajstić information content (AvgIpc) is 4.20. The highest BCUT2D eigenvalue weighted by Crippen LogP contribution is 2.43. The minimum absolute atomic E-state index is 0.0414. The van der Waals surface area contributed by atoms with Crippen molar-refractivity contribution < 1.29 is 44.4 Å². The molecule has 14 nitrogen and oxygen atoms in total. The van der Waals surface area contributed by atoms with Crippen molar-refractivity contribution in [3.8, 4) is 5.75 Å². The molecule has 6 aromatic rings. The molecule has 0 bridgehead atoms. The first-order chi connectivity index (χ1) is 34.1. The van der Waals surface area contributed by atoms with Crippen LogP contribution in [0, 0.1) is 49.0 Å². The van der Waals surface area contributed by atoms with Crippen LogP contribution in [0.1, 0.15) is 55.4 Å². The number of rotatable bonds is 14. The van der Waals surface area contributed by atoms with Crippen LogP contribution in [-0.4, -0.2) is 107 Å². The van der Waals surface area contributed by atoms with Gasteiger partial charge >= 0.3 is 0 Å². The number of likely N-dealkylation sites (N-methyl/N-ethyl adjacent to an activating group) is 1. The van der Waals surface area contributed by atoms with Crippen LogP contribution in [-0.2, 0) is 48.1 Å². The van der Waals surface area contributed by atoms with Crippen LogP contribution in [0.5, 0.6) is 5.75 Å². The smallest absolute Gasteiger partial charge is 0.296 e. The van der Waals surface area contributed by atoms with E-state index in [1.54, 1.807) is 23.1 Å². The summed E-state index contributed by atoms with van der Waals surface area (Å²) in [4.78, 5) is 14.7. The lowest BCUT2D eigenvalue weighted by Gasteiger charge is -2.34. The lowest BCUT2D eigenvalue weighted by atomic mass is 9.87. The second-order valence-corrected chi connectivity index (χ2v) is 19.6. The highest BCUT2D eigenvalue weighted by Gasteiger charge is 2.46. The zero-order chi connectivity index (χ0) is 51.2. The van der Waals surface area contributed by atoms with E-state index in [1.807, 2.05) is 17.9 Å². The van der Waals surface area contributed by atoms with Crippen LogP contribution in [0.2, 0.25) is 0 Å². The second kappa shape index (κ2) is 25.6. The monoisotopic (exact) mass is 1120 g/mol. The normalized spacial score (nSPS) is 21.1. The fraction of sp³-hybridized carbons (Fsp3) is 0.451. The third kappa shape index (κ3) is 14.6. The number of alkyl halides is 1. The van der Waals surface area contributed by atoms with Gasteiger partial charge in [0.1, 0.15) is 65.5 Å². The number of hydrogen-bond donors (Lipinski definition) is 0. The number of aromatic nitrogens is 6. The maximum Gasteiger partial charge on any atom is 0.296 e. The number of nitrogens with zero attached hydrogens (tertiary/aromatic N) is 8. The van der Waals surface area contributed by atoms with Gasteiger partial charge in [0.2, 0.25) is 0 Å². The molecule has 20 heteroatoms. The summed E-state index contributed by atoms with van der Waals surface area (Å²) in [6.45, 7) is 13.6. The van der Waals surface area contributed by atoms with Gasteiger partial charge < -0.3 is 24.0 Å². The SMILES string of the molecule is CCC.CI.Cc1cc(N2CCN(C)CC2)ccc1OC[C@@H]1CO[C@@](Cn2cncn2)(c2ccc(F)cc2F)C1.Cc1ccc(S(=O)(=O)OC[C@@H]2CO[C@@](Cn3cncn3)(c3ccc(F)cc3F)C2)cc1. The van der Waals surface area contributed by atoms with Gasteiger partial charge in [0.15, 0.2) is 0 Å². The molecule has 0 aliphatic carbocycles. The van der Waals surface area contributed by atoms with Crippen molar-refractivity contribution in [1.82, 2.24) is 34.4 Å². The Morgan fingerprint density at radius 2 is 1.21 bits per heavy atom. The Kier molecular flexibility index (Phi) is 19.9. The maximum atomic E-state index is 14.8. The third-order valence-corrected chi connectivity index (χ3v) is 13.6. The Hall–Kier alpha value is -5.00. The van der Waals surface area contributed by atoms with Crippen LogP contribution >= 0.6 is 22.6 Å². The fourth-order valence-corrected chi connectivity index (χ4v) is 9.77. The lowest BCUT2D eigenvalue weighted by molar-refractivity contribution is -0.0209. The first-order valence-electron chi connectivity index (χ1n) is 23.5. The van der Waals surface area contributed by atoms with Crippen LogP contribution < -0.4 is 9.64 Å². The number of hydrogen-bond acceptors (Lipinski definition) is 12. The molecule has 4 atom stereocenters. The van der Waals surface area contributed by atoms with Gasteiger partial charge in [0.05, 0.1) is 44.4 Å². The predicted octanol–water partition coefficient (Wildman–Crippen LogP) is 9.30. The van der Waals surface area contributed by atoms with Gasteiger partial charge in [0, 0.05) is 67.0 Å². The molecule has 5 heterocycles. The van der Waals surface area contributed by atoms with E-state index in [0.29, 0.717) is 25.2 Å². The van der Waals surface area contributed by atoms with Crippen LogP contribution in [0.4, 0.5) is 23.2 Å². The van der Waals surface area contributed by atoms with E-state index >= 15 is 0 Å². The number of benzene rings is 4. The quantitative estimate of drug-likeness (QED) is 0.0445. The molecule has 0 spiro atoms. The molecular formula is C51H63F4IN8O6S. The average molecular weight is 1120 g/mol. The Labute approximate surface area is 427 Å². The summed E-state index contributed by atoms with van der Waals surface area (Å²) < 4.78 is 108. The number of anilines is 1. The molecule has 384 valence electrons. The zero-order valence-electron chi connectivity index (χ0n) is 41.0. The standard InChI is InChI=1S/C26H31F2N5O2.C21H21F2N3O4S.C3H8.CH3I/c1-19-11-22(32-9-7-31(2)8-10-32)4-6-25(19)34-14-20-13-26(35-15-20,16-33-18-29-17-30-33)23-5-3-21(27)12-24(23)28;1-15-2-5-18(6-3-15)31(27,28)30-11-16-9-21(29-10-16,12-26-14-24-13-25-26)19-7-4-17(22)8-20(19)23;1-3-2;1-2/h3-6,11-12,17-18,20H,7-10,13-16H2,1-2H3;2-8,13-14,16H,9-12H2,1H3;3H2,1-2H3;1H3/t20-,26+;16-,21-;;/m10../s1. The molecule has 71 heavy (non-hydrogen) atoms. The number of ether oxygens (including phenoxy) is 3. The summed E-state index contributed by atoms with van der Waals surface area (Å²) in [6.07, 6.45) is 7.85. The summed E-state index contributed by atoms with van der Waals surface area (Å²) >= 11 is 2.15. The minimum Gasteiger partial charge on any atom is -0.493 e. The minimum atomic E-state index is -3.94. The summed E-state index contributed by atoms with van der Waals surface area (Å²) in [5, 5.41) is 8.23. The van der Waals surface area contributed by atoms with Crippen LogP contribution in [0.15, 0.2) is 109 Å². The zero-order valence-corrected chi connectivity index (χ0v) is 44.0. The van der Waals surface area contributed by atoms with E-state index < -0.39 is 44.6 Å². The second-order valence-electron chi connectivity index (χ2n) is 18.0. The molecule has 0 amide bonds. The molecule has 4 aromatic carbocycles. The van der Waals surface area contributed by atoms with Crippen molar-refractivity contribution in [2.24, 2.45) is 11.8 Å². The van der Waals surface area contributed by atoms with Crippen molar-refractivity contribution in [3.05, 3.63) is 150 Å². The summed E-state index contributed by atoms with van der Waals surface area (Å²) in [5.41, 5.74) is 1.59. The Morgan fingerprint density at radius 3 is 1.68 bits per heavy atom. The van der Waals surface area contributed by atoms with Crippen molar-refractivity contribution in [2.45, 2.75) is 76.1 Å². The van der Waals surface area contributed by atoms with Gasteiger partial charge in [-0.15, -0.1) is 0 Å². The van der Waals surface area contributed by atoms with E-state index in [2.05, 4.69) is 92.5 Å². The molecule has 2 aromatic heterocycles. The van der Waals surface area contributed by atoms with Gasteiger partial charge in [0.25, 0.3) is 10.1 Å². The van der Waals surface area contributed by atoms with Crippen LogP contribution in [0.25, 0.3) is 0 Å². The van der Waals surface area contributed by atoms with E-state index in [9.17, 15) is 26.0 Å². The van der Waals surface area contributed by atoms with Gasteiger partial charge in [-0.25, -0.2) is 36.9 Å². The van der Waals surface area contributed by atoms with Crippen molar-refractivity contribution >= 4 is 38.4 Å². The van der Waals surface area contributed by atoms with Crippen LogP contribution in [0.3, 0.4) is 0 Å². The van der Waals surface area contributed by atoms with Gasteiger partial charge in [-0.05, 0) is 86.7 Å². The van der Waals surface area contributed by atoms with Crippen molar-refractivity contribution in [2.75, 3.05) is 69.5 Å². The molecule has 3 aliphatic heterocycles. The molecule has 0 N–H and O–H groups in total. The Bertz CT molecular complexity index is 2700. The fourth-order valence-electron chi connectivity index (χ4n) is 8.80. The maximum absolute atomic E-state index is 14.8. The largest absolute Gasteiger partial charge is 0.493 e. The molecule has 0 saturated carbocycles. The topological polar surface area (TPSA) is 139 Å². The number of halogens is 5. The summed E-state index contributed by atoms with van der Waals surface area (Å²) in [5.74, 6) is -2.12. The first kappa shape index (κ1) is 55.3. The molecule has 3 aliphatic rings. The predicted molar refractivity (Wildman–Crippen MR) is 271 cm³/mol. The number of aryl methyl sites for hydroxylation is 2. The molecular weight excluding hydrogens is 1060 g/mol. The Balaban J connectivity index is 0.000000215.